The predicted molar refractivity (Wildman–Crippen MR) is 220 cm³/mol. The first-order chi connectivity index (χ1) is 27.3. The average Bonchev–Trinajstić information content (AvgIpc) is 3.46. The number of carbonyl (C=O) groups excluding carboxylic acids is 2. The molecule has 0 radical (unpaired) electrons. The number of hydrogen-bond acceptors (Lipinski definition) is 12. The van der Waals surface area contributed by atoms with E-state index in [1.165, 1.54) is 44.0 Å². The summed E-state index contributed by atoms with van der Waals surface area (Å²) in [5.74, 6) is -5.51. The lowest BCUT2D eigenvalue weighted by atomic mass is 9.71. The van der Waals surface area contributed by atoms with E-state index in [1.807, 2.05) is 26.8 Å². The highest BCUT2D eigenvalue weighted by Crippen LogP contribution is 2.44. The number of pyridine rings is 1. The van der Waals surface area contributed by atoms with Gasteiger partial charge in [-0.3, -0.25) is 14.4 Å². The van der Waals surface area contributed by atoms with Crippen LogP contribution < -0.4 is 10.9 Å². The number of nitrogens with zero attached hydrogens (tertiary/aromatic N) is 1. The third kappa shape index (κ3) is 10.9. The van der Waals surface area contributed by atoms with Crippen LogP contribution in [0.5, 0.6) is 5.75 Å². The van der Waals surface area contributed by atoms with Crippen LogP contribution in [0.2, 0.25) is 0 Å². The third-order valence-corrected chi connectivity index (χ3v) is 11.0. The van der Waals surface area contributed by atoms with Crippen molar-refractivity contribution in [3.8, 4) is 5.75 Å². The van der Waals surface area contributed by atoms with Gasteiger partial charge in [0.1, 0.15) is 35.7 Å². The Kier molecular flexibility index (Phi) is 17.5. The highest BCUT2D eigenvalue weighted by molar-refractivity contribution is 6.09. The molecule has 6 unspecified atom stereocenters. The van der Waals surface area contributed by atoms with Crippen LogP contribution in [0.25, 0.3) is 0 Å². The van der Waals surface area contributed by atoms with Gasteiger partial charge >= 0.3 is 0 Å². The second kappa shape index (κ2) is 21.1. The summed E-state index contributed by atoms with van der Waals surface area (Å²) in [6.45, 7) is 12.2. The molecular weight excluding hydrogens is 748 g/mol. The second-order valence-corrected chi connectivity index (χ2v) is 15.5. The Morgan fingerprint density at radius 2 is 1.67 bits per heavy atom. The molecule has 0 spiro atoms. The van der Waals surface area contributed by atoms with Crippen LogP contribution in [0, 0.1) is 17.3 Å². The van der Waals surface area contributed by atoms with E-state index < -0.39 is 94.9 Å². The summed E-state index contributed by atoms with van der Waals surface area (Å²) in [7, 11) is 3.01. The monoisotopic (exact) mass is 810 g/mol. The van der Waals surface area contributed by atoms with Crippen LogP contribution in [0.4, 0.5) is 0 Å². The fourth-order valence-corrected chi connectivity index (χ4v) is 7.27. The van der Waals surface area contributed by atoms with Gasteiger partial charge in [0.15, 0.2) is 5.78 Å². The van der Waals surface area contributed by atoms with Gasteiger partial charge in [-0.2, -0.15) is 0 Å². The van der Waals surface area contributed by atoms with Crippen LogP contribution in [-0.2, 0) is 26.1 Å². The molecule has 1 aromatic heterocycles. The molecule has 58 heavy (non-hydrogen) atoms. The van der Waals surface area contributed by atoms with Gasteiger partial charge in [-0.25, -0.2) is 0 Å². The Morgan fingerprint density at radius 3 is 2.31 bits per heavy atom. The molecule has 14 nitrogen and oxygen atoms in total. The maximum atomic E-state index is 13.3. The topological polar surface area (TPSA) is 217 Å². The van der Waals surface area contributed by atoms with E-state index >= 15 is 0 Å². The van der Waals surface area contributed by atoms with Crippen LogP contribution in [-0.4, -0.2) is 115 Å². The number of ketones is 1. The van der Waals surface area contributed by atoms with E-state index in [1.54, 1.807) is 81.5 Å². The Balaban J connectivity index is 1.61. The normalized spacial score (nSPS) is 29.9. The van der Waals surface area contributed by atoms with Gasteiger partial charge in [-0.05, 0) is 44.4 Å². The smallest absolute Gasteiger partial charge is 0.265 e. The molecule has 3 heterocycles. The van der Waals surface area contributed by atoms with Crippen LogP contribution in [0.15, 0.2) is 101 Å². The molecule has 2 saturated heterocycles. The number of ether oxygens (including phenoxy) is 3. The summed E-state index contributed by atoms with van der Waals surface area (Å²) in [5, 5.41) is 68.0. The largest absolute Gasteiger partial charge is 0.507 e. The summed E-state index contributed by atoms with van der Waals surface area (Å²) in [6.07, 6.45) is 13.0. The molecule has 0 bridgehead atoms. The Labute approximate surface area is 340 Å². The van der Waals surface area contributed by atoms with Gasteiger partial charge in [0, 0.05) is 38.2 Å². The van der Waals surface area contributed by atoms with Crippen molar-refractivity contribution in [2.75, 3.05) is 13.7 Å². The van der Waals surface area contributed by atoms with E-state index in [-0.39, 0.29) is 24.1 Å². The number of hydrogen-bond donors (Lipinski definition) is 7. The molecule has 3 rings (SSSR count). The minimum atomic E-state index is -2.34. The molecule has 0 saturated carbocycles. The minimum Gasteiger partial charge on any atom is -0.507 e. The molecule has 2 fully saturated rings. The summed E-state index contributed by atoms with van der Waals surface area (Å²) in [5.41, 5.74) is -0.881. The Bertz CT molecular complexity index is 1860. The number of Topliss-reactive ketones (excluding diaryl/α,β-unsaturated/α-hetero) is 1. The van der Waals surface area contributed by atoms with Crippen molar-refractivity contribution in [1.82, 2.24) is 9.88 Å². The third-order valence-electron chi connectivity index (χ3n) is 11.0. The molecule has 0 aromatic carbocycles. The predicted octanol–water partition coefficient (Wildman–Crippen LogP) is 3.09. The van der Waals surface area contributed by atoms with Crippen molar-refractivity contribution < 1.29 is 54.4 Å². The number of aryl methyl sites for hydroxylation is 1. The number of aliphatic hydroxyl groups excluding tert-OH is 4. The van der Waals surface area contributed by atoms with Crippen molar-refractivity contribution in [1.29, 1.82) is 0 Å². The highest BCUT2D eigenvalue weighted by Gasteiger charge is 2.60. The van der Waals surface area contributed by atoms with Gasteiger partial charge < -0.3 is 54.7 Å². The molecule has 7 N–H and O–H groups in total. The first kappa shape index (κ1) is 48.1. The Morgan fingerprint density at radius 1 is 1.00 bits per heavy atom. The average molecular weight is 811 g/mol. The summed E-state index contributed by atoms with van der Waals surface area (Å²) < 4.78 is 19.0. The maximum Gasteiger partial charge on any atom is 0.265 e. The van der Waals surface area contributed by atoms with Crippen molar-refractivity contribution in [3.63, 3.8) is 0 Å². The Hall–Kier alpha value is -4.25. The lowest BCUT2D eigenvalue weighted by Crippen LogP contribution is -2.69. The first-order valence-electron chi connectivity index (χ1n) is 19.5. The zero-order chi connectivity index (χ0) is 43.5. The van der Waals surface area contributed by atoms with Crippen LogP contribution >= 0.6 is 0 Å². The second-order valence-electron chi connectivity index (χ2n) is 15.5. The summed E-state index contributed by atoms with van der Waals surface area (Å²) in [6, 6.07) is 1.27. The number of carbonyl (C=O) groups is 2. The zero-order valence-corrected chi connectivity index (χ0v) is 34.9. The SMILES string of the molecule is C/C=C\C=C\C1OC(O)([C@H](CC)C(=O)NC/C=C/C=C(\C)[C@@H](OC)[C@@H](C)C2OC(/C=C/C=C/C=C(\C)C(=O)c3c(O)ccn(C)c3=O)[C@@H](O)[C@@H]2O)C(O)C(O)C1(C)C. The standard InChI is InChI=1S/C44H62N2O12/c1-10-12-14-22-32-43(6,7)39(51)40(52)44(55,58-32)29(11-2)41(53)45-24-18-17-20-27(4)37(56-9)28(5)38-36(50)35(49)31(57-38)21-16-13-15-19-26(3)34(48)33-30(47)23-25-46(8)42(33)54/h10,12-23,25,28-29,31-32,35-40,47,49-52,55H,11,24H2,1-9H3,(H,45,53)/b12-10-,15-13+,18-17+,21-16+,22-14+,26-19+,27-20+/t28-,29-,31?,32?,35-,36+,37-,38?,39?,40?,44?/m1/s1. The van der Waals surface area contributed by atoms with E-state index in [4.69, 9.17) is 14.2 Å². The molecule has 11 atom stereocenters. The van der Waals surface area contributed by atoms with Crippen molar-refractivity contribution in [2.24, 2.45) is 24.3 Å². The van der Waals surface area contributed by atoms with Crippen molar-refractivity contribution in [2.45, 2.75) is 110 Å². The number of amides is 1. The molecule has 1 aromatic rings. The lowest BCUT2D eigenvalue weighted by molar-refractivity contribution is -0.359. The quantitative estimate of drug-likeness (QED) is 0.0687. The molecule has 2 aliphatic rings. The van der Waals surface area contributed by atoms with Crippen molar-refractivity contribution >= 4 is 11.7 Å². The van der Waals surface area contributed by atoms with Gasteiger partial charge in [-0.15, -0.1) is 0 Å². The van der Waals surface area contributed by atoms with E-state index in [0.717, 1.165) is 5.57 Å². The fraction of sp³-hybridized carbons (Fsp3) is 0.523. The van der Waals surface area contributed by atoms with Gasteiger partial charge in [0.05, 0.1) is 30.3 Å². The number of aromatic nitrogens is 1. The molecule has 0 aliphatic carbocycles. The van der Waals surface area contributed by atoms with Crippen LogP contribution in [0.3, 0.4) is 0 Å². The molecule has 2 aliphatic heterocycles. The fourth-order valence-electron chi connectivity index (χ4n) is 7.27. The molecule has 1 amide bonds. The van der Waals surface area contributed by atoms with Crippen molar-refractivity contribution in [3.05, 3.63) is 112 Å². The van der Waals surface area contributed by atoms with E-state index in [2.05, 4.69) is 5.32 Å². The highest BCUT2D eigenvalue weighted by atomic mass is 16.7. The van der Waals surface area contributed by atoms with Gasteiger partial charge in [0.2, 0.25) is 11.7 Å². The first-order valence-corrected chi connectivity index (χ1v) is 19.5. The summed E-state index contributed by atoms with van der Waals surface area (Å²) in [4.78, 5) is 38.4. The van der Waals surface area contributed by atoms with Gasteiger partial charge in [-0.1, -0.05) is 101 Å². The minimum absolute atomic E-state index is 0.0818. The molecule has 14 heteroatoms. The number of rotatable bonds is 17. The number of aromatic hydroxyl groups is 1. The molecular formula is C44H62N2O12. The van der Waals surface area contributed by atoms with Crippen LogP contribution in [0.1, 0.15) is 65.2 Å². The zero-order valence-electron chi connectivity index (χ0n) is 34.9. The molecule has 320 valence electrons. The number of allylic oxidation sites excluding steroid dienone is 10. The van der Waals surface area contributed by atoms with E-state index in [9.17, 15) is 45.0 Å². The van der Waals surface area contributed by atoms with Gasteiger partial charge in [0.25, 0.3) is 5.56 Å². The number of nitrogens with one attached hydrogen (secondary N) is 1. The summed E-state index contributed by atoms with van der Waals surface area (Å²) >= 11 is 0. The maximum absolute atomic E-state index is 13.3. The van der Waals surface area contributed by atoms with E-state index in [0.29, 0.717) is 0 Å². The number of aliphatic hydroxyl groups is 5. The number of methoxy groups -OCH3 is 1. The lowest BCUT2D eigenvalue weighted by Gasteiger charge is -2.53.